The fraction of sp³-hybridized carbons (Fsp3) is 0.846. The van der Waals surface area contributed by atoms with E-state index in [4.69, 9.17) is 11.5 Å². The number of hydrogen-bond donors (Lipinski definition) is 2. The Morgan fingerprint density at radius 2 is 1.89 bits per heavy atom. The first-order valence-corrected chi connectivity index (χ1v) is 6.81. The smallest absolute Gasteiger partial charge is 0.240 e. The normalized spacial score (nSPS) is 19.5. The van der Waals surface area contributed by atoms with E-state index in [0.29, 0.717) is 0 Å². The van der Waals surface area contributed by atoms with Crippen LogP contribution in [0.15, 0.2) is 0 Å². The van der Waals surface area contributed by atoms with Gasteiger partial charge in [-0.3, -0.25) is 9.59 Å². The highest BCUT2D eigenvalue weighted by Crippen LogP contribution is 2.24. The quantitative estimate of drug-likeness (QED) is 0.729. The zero-order valence-electron chi connectivity index (χ0n) is 11.4. The van der Waals surface area contributed by atoms with Crippen LogP contribution < -0.4 is 11.5 Å². The lowest BCUT2D eigenvalue weighted by molar-refractivity contribution is -0.139. The van der Waals surface area contributed by atoms with Gasteiger partial charge in [0.25, 0.3) is 0 Å². The lowest BCUT2D eigenvalue weighted by Gasteiger charge is -2.31. The Hall–Kier alpha value is -1.10. The van der Waals surface area contributed by atoms with Crippen molar-refractivity contribution in [2.45, 2.75) is 58.0 Å². The SMILES string of the molecule is CCC(C)[C@H](N)C(=O)N(CC(N)=O)C1CCCC1. The van der Waals surface area contributed by atoms with Gasteiger partial charge in [-0.05, 0) is 18.8 Å². The minimum absolute atomic E-state index is 0.00632. The topological polar surface area (TPSA) is 89.4 Å². The summed E-state index contributed by atoms with van der Waals surface area (Å²) < 4.78 is 0. The number of rotatable bonds is 6. The van der Waals surface area contributed by atoms with E-state index in [-0.39, 0.29) is 24.4 Å². The minimum Gasteiger partial charge on any atom is -0.368 e. The predicted molar refractivity (Wildman–Crippen MR) is 70.6 cm³/mol. The summed E-state index contributed by atoms with van der Waals surface area (Å²) in [7, 11) is 0. The molecule has 5 nitrogen and oxygen atoms in total. The number of carbonyl (C=O) groups excluding carboxylic acids is 2. The maximum Gasteiger partial charge on any atom is 0.240 e. The molecule has 0 bridgehead atoms. The number of nitrogens with two attached hydrogens (primary N) is 2. The van der Waals surface area contributed by atoms with Crippen LogP contribution in [0.25, 0.3) is 0 Å². The van der Waals surface area contributed by atoms with Crippen molar-refractivity contribution >= 4 is 11.8 Å². The van der Waals surface area contributed by atoms with E-state index in [2.05, 4.69) is 0 Å². The van der Waals surface area contributed by atoms with Gasteiger partial charge in [-0.2, -0.15) is 0 Å². The lowest BCUT2D eigenvalue weighted by Crippen LogP contribution is -2.52. The van der Waals surface area contributed by atoms with Crippen molar-refractivity contribution in [2.75, 3.05) is 6.54 Å². The predicted octanol–water partition coefficient (Wildman–Crippen LogP) is 0.616. The van der Waals surface area contributed by atoms with Crippen molar-refractivity contribution in [3.05, 3.63) is 0 Å². The van der Waals surface area contributed by atoms with Crippen molar-refractivity contribution in [1.29, 1.82) is 0 Å². The van der Waals surface area contributed by atoms with Crippen LogP contribution in [0.2, 0.25) is 0 Å². The first-order chi connectivity index (χ1) is 8.47. The average Bonchev–Trinajstić information content (AvgIpc) is 2.86. The van der Waals surface area contributed by atoms with Crippen molar-refractivity contribution in [3.8, 4) is 0 Å². The molecule has 2 amide bonds. The van der Waals surface area contributed by atoms with Crippen molar-refractivity contribution in [2.24, 2.45) is 17.4 Å². The summed E-state index contributed by atoms with van der Waals surface area (Å²) in [4.78, 5) is 25.1. The van der Waals surface area contributed by atoms with Crippen LogP contribution in [0.5, 0.6) is 0 Å². The van der Waals surface area contributed by atoms with E-state index >= 15 is 0 Å². The number of carbonyl (C=O) groups is 2. The molecule has 4 N–H and O–H groups in total. The van der Waals surface area contributed by atoms with Crippen molar-refractivity contribution in [1.82, 2.24) is 4.90 Å². The van der Waals surface area contributed by atoms with Gasteiger partial charge >= 0.3 is 0 Å². The van der Waals surface area contributed by atoms with Crippen LogP contribution in [0.1, 0.15) is 46.0 Å². The Morgan fingerprint density at radius 1 is 1.33 bits per heavy atom. The third-order valence-electron chi connectivity index (χ3n) is 3.92. The summed E-state index contributed by atoms with van der Waals surface area (Å²) in [6.45, 7) is 3.96. The summed E-state index contributed by atoms with van der Waals surface area (Å²) in [6, 6.07) is -0.393. The largest absolute Gasteiger partial charge is 0.368 e. The highest BCUT2D eigenvalue weighted by molar-refractivity contribution is 5.87. The molecular formula is C13H25N3O2. The molecule has 2 atom stereocenters. The van der Waals surface area contributed by atoms with E-state index in [1.165, 1.54) is 0 Å². The average molecular weight is 255 g/mol. The van der Waals surface area contributed by atoms with E-state index < -0.39 is 11.9 Å². The van der Waals surface area contributed by atoms with Crippen LogP contribution in [0, 0.1) is 5.92 Å². The molecule has 0 aromatic carbocycles. The van der Waals surface area contributed by atoms with Crippen molar-refractivity contribution in [3.63, 3.8) is 0 Å². The second kappa shape index (κ2) is 6.73. The van der Waals surface area contributed by atoms with E-state index in [1.807, 2.05) is 13.8 Å². The van der Waals surface area contributed by atoms with Gasteiger partial charge in [-0.1, -0.05) is 33.1 Å². The minimum atomic E-state index is -0.532. The third kappa shape index (κ3) is 3.70. The lowest BCUT2D eigenvalue weighted by atomic mass is 9.98. The van der Waals surface area contributed by atoms with Crippen LogP contribution >= 0.6 is 0 Å². The highest BCUT2D eigenvalue weighted by atomic mass is 16.2. The summed E-state index contributed by atoms with van der Waals surface area (Å²) in [5.41, 5.74) is 11.2. The number of primary amides is 1. The second-order valence-corrected chi connectivity index (χ2v) is 5.28. The molecule has 1 aliphatic carbocycles. The van der Waals surface area contributed by atoms with Gasteiger partial charge in [0.05, 0.1) is 12.6 Å². The van der Waals surface area contributed by atoms with Gasteiger partial charge in [-0.25, -0.2) is 0 Å². The molecule has 18 heavy (non-hydrogen) atoms. The van der Waals surface area contributed by atoms with Gasteiger partial charge in [0.15, 0.2) is 0 Å². The molecule has 104 valence electrons. The zero-order chi connectivity index (χ0) is 13.7. The first-order valence-electron chi connectivity index (χ1n) is 6.81. The number of amides is 2. The number of hydrogen-bond acceptors (Lipinski definition) is 3. The van der Waals surface area contributed by atoms with Gasteiger partial charge in [0.1, 0.15) is 0 Å². The maximum absolute atomic E-state index is 12.4. The highest BCUT2D eigenvalue weighted by Gasteiger charge is 2.32. The van der Waals surface area contributed by atoms with Crippen LogP contribution in [-0.2, 0) is 9.59 Å². The molecule has 1 unspecified atom stereocenters. The van der Waals surface area contributed by atoms with E-state index in [1.54, 1.807) is 4.90 Å². The summed E-state index contributed by atoms with van der Waals surface area (Å²) in [5.74, 6) is -0.476. The Balaban J connectivity index is 2.74. The fourth-order valence-electron chi connectivity index (χ4n) is 2.46. The Morgan fingerprint density at radius 3 is 2.33 bits per heavy atom. The van der Waals surface area contributed by atoms with Gasteiger partial charge in [0.2, 0.25) is 11.8 Å². The van der Waals surface area contributed by atoms with E-state index in [9.17, 15) is 9.59 Å². The molecule has 0 heterocycles. The molecule has 5 heteroatoms. The molecule has 1 aliphatic rings. The monoisotopic (exact) mass is 255 g/mol. The molecular weight excluding hydrogens is 230 g/mol. The van der Waals surface area contributed by atoms with Crippen molar-refractivity contribution < 1.29 is 9.59 Å². The molecule has 0 radical (unpaired) electrons. The summed E-state index contributed by atoms with van der Waals surface area (Å²) in [5, 5.41) is 0. The fourth-order valence-corrected chi connectivity index (χ4v) is 2.46. The summed E-state index contributed by atoms with van der Waals surface area (Å²) in [6.07, 6.45) is 4.96. The summed E-state index contributed by atoms with van der Waals surface area (Å²) >= 11 is 0. The number of nitrogens with zero attached hydrogens (tertiary/aromatic N) is 1. The molecule has 0 aromatic rings. The molecule has 0 aromatic heterocycles. The Kier molecular flexibility index (Phi) is 5.59. The second-order valence-electron chi connectivity index (χ2n) is 5.28. The Bertz CT molecular complexity index is 301. The van der Waals surface area contributed by atoms with Crippen LogP contribution in [-0.4, -0.2) is 35.3 Å². The standard InChI is InChI=1S/C13H25N3O2/c1-3-9(2)12(15)13(18)16(8-11(14)17)10-6-4-5-7-10/h9-10,12H,3-8,15H2,1-2H3,(H2,14,17)/t9?,12-/m0/s1. The van der Waals surface area contributed by atoms with Gasteiger partial charge in [-0.15, -0.1) is 0 Å². The molecule has 0 saturated heterocycles. The third-order valence-corrected chi connectivity index (χ3v) is 3.92. The Labute approximate surface area is 109 Å². The van der Waals surface area contributed by atoms with Gasteiger partial charge in [0, 0.05) is 6.04 Å². The molecule has 0 aliphatic heterocycles. The van der Waals surface area contributed by atoms with Crippen LogP contribution in [0.4, 0.5) is 0 Å². The molecule has 1 rings (SSSR count). The van der Waals surface area contributed by atoms with Gasteiger partial charge < -0.3 is 16.4 Å². The van der Waals surface area contributed by atoms with Crippen LogP contribution in [0.3, 0.4) is 0 Å². The molecule has 1 fully saturated rings. The molecule has 0 spiro atoms. The molecule has 1 saturated carbocycles. The maximum atomic E-state index is 12.4. The van der Waals surface area contributed by atoms with E-state index in [0.717, 1.165) is 32.1 Å². The zero-order valence-corrected chi connectivity index (χ0v) is 11.4. The first kappa shape index (κ1) is 15.0.